The van der Waals surface area contributed by atoms with Gasteiger partial charge in [0.25, 0.3) is 0 Å². The van der Waals surface area contributed by atoms with Crippen molar-refractivity contribution in [1.82, 2.24) is 14.6 Å². The summed E-state index contributed by atoms with van der Waals surface area (Å²) in [5.41, 5.74) is 2.31. The minimum atomic E-state index is -3.37. The molecular formula is C24H32N4O3S. The van der Waals surface area contributed by atoms with Crippen LogP contribution in [-0.4, -0.2) is 34.9 Å². The van der Waals surface area contributed by atoms with Crippen LogP contribution >= 0.6 is 0 Å². The summed E-state index contributed by atoms with van der Waals surface area (Å²) in [4.78, 5) is 0. The van der Waals surface area contributed by atoms with Gasteiger partial charge in [-0.15, -0.1) is 10.2 Å². The number of sulfonamides is 1. The van der Waals surface area contributed by atoms with Crippen molar-refractivity contribution in [2.24, 2.45) is 23.2 Å². The molecule has 172 valence electrons. The minimum Gasteiger partial charge on any atom is -0.493 e. The van der Waals surface area contributed by atoms with Crippen molar-refractivity contribution in [2.75, 3.05) is 11.3 Å². The summed E-state index contributed by atoms with van der Waals surface area (Å²) in [5.74, 6) is 4.59. The number of hydrogen-bond donors (Lipinski definition) is 1. The van der Waals surface area contributed by atoms with Crippen molar-refractivity contribution < 1.29 is 13.2 Å². The van der Waals surface area contributed by atoms with Crippen LogP contribution in [0.15, 0.2) is 12.3 Å². The van der Waals surface area contributed by atoms with E-state index in [1.54, 1.807) is 4.40 Å². The maximum absolute atomic E-state index is 12.4. The highest BCUT2D eigenvalue weighted by Gasteiger charge is 2.50. The summed E-state index contributed by atoms with van der Waals surface area (Å²) in [5, 5.41) is 8.07. The zero-order valence-electron chi connectivity index (χ0n) is 18.5. The Morgan fingerprint density at radius 3 is 2.34 bits per heavy atom. The van der Waals surface area contributed by atoms with Gasteiger partial charge in [0.15, 0.2) is 5.65 Å². The van der Waals surface area contributed by atoms with Crippen LogP contribution in [0, 0.1) is 23.2 Å². The smallest absolute Gasteiger partial charge is 0.242 e. The van der Waals surface area contributed by atoms with Gasteiger partial charge in [0.2, 0.25) is 16.0 Å². The molecule has 2 aromatic rings. The van der Waals surface area contributed by atoms with Crippen LogP contribution in [0.1, 0.15) is 82.1 Å². The van der Waals surface area contributed by atoms with Gasteiger partial charge in [-0.3, -0.25) is 9.12 Å². The molecule has 4 bridgehead atoms. The molecule has 8 heteroatoms. The predicted octanol–water partition coefficient (Wildman–Crippen LogP) is 4.50. The number of ether oxygens (including phenoxy) is 1. The molecule has 32 heavy (non-hydrogen) atoms. The van der Waals surface area contributed by atoms with Crippen LogP contribution < -0.4 is 9.46 Å². The van der Waals surface area contributed by atoms with Gasteiger partial charge in [-0.2, -0.15) is 0 Å². The molecule has 2 aromatic heterocycles. The number of anilines is 1. The number of fused-ring (bicyclic) bond motifs is 1. The first-order chi connectivity index (χ1) is 15.5. The average molecular weight is 457 g/mol. The van der Waals surface area contributed by atoms with Crippen LogP contribution in [0.25, 0.3) is 5.65 Å². The Labute approximate surface area is 189 Å². The molecule has 8 rings (SSSR count). The summed E-state index contributed by atoms with van der Waals surface area (Å²) in [7, 11) is -3.37. The molecule has 1 N–H and O–H groups in total. The predicted molar refractivity (Wildman–Crippen MR) is 121 cm³/mol. The number of nitrogens with zero attached hydrogens (tertiary/aromatic N) is 3. The second kappa shape index (κ2) is 6.84. The SMILES string of the molecule is O=S(=O)(Nc1nnc2cc(OCCC34CC5CC(CC(C5)C3)C4)c(C3CC3)cn12)C1CC1. The molecule has 0 aromatic carbocycles. The van der Waals surface area contributed by atoms with Gasteiger partial charge >= 0.3 is 0 Å². The second-order valence-electron chi connectivity index (χ2n) is 11.5. The van der Waals surface area contributed by atoms with E-state index in [4.69, 9.17) is 4.74 Å². The first-order valence-electron chi connectivity index (χ1n) is 12.5. The molecule has 6 aliphatic rings. The Morgan fingerprint density at radius 1 is 1.03 bits per heavy atom. The van der Waals surface area contributed by atoms with Gasteiger partial charge in [0, 0.05) is 17.8 Å². The normalized spacial score (nSPS) is 33.7. The van der Waals surface area contributed by atoms with E-state index in [-0.39, 0.29) is 11.2 Å². The molecule has 0 amide bonds. The molecule has 6 aliphatic carbocycles. The van der Waals surface area contributed by atoms with Gasteiger partial charge in [0.05, 0.1) is 11.9 Å². The van der Waals surface area contributed by atoms with Crippen LogP contribution in [0.4, 0.5) is 5.95 Å². The van der Waals surface area contributed by atoms with Crippen LogP contribution in [0.2, 0.25) is 0 Å². The largest absolute Gasteiger partial charge is 0.493 e. The molecule has 0 unspecified atom stereocenters. The van der Waals surface area contributed by atoms with Crippen LogP contribution in [0.3, 0.4) is 0 Å². The Morgan fingerprint density at radius 2 is 1.72 bits per heavy atom. The lowest BCUT2D eigenvalue weighted by Gasteiger charge is -2.57. The van der Waals surface area contributed by atoms with E-state index in [0.29, 0.717) is 17.0 Å². The van der Waals surface area contributed by atoms with Crippen molar-refractivity contribution >= 4 is 21.6 Å². The third-order valence-corrected chi connectivity index (χ3v) is 10.6. The van der Waals surface area contributed by atoms with E-state index in [2.05, 4.69) is 14.9 Å². The standard InChI is InChI=1S/C24H32N4O3S/c29-32(30,19-3-4-19)27-23-26-25-22-10-21(20(14-28(22)23)18-1-2-18)31-6-5-24-11-15-7-16(12-24)9-17(8-15)13-24/h10,14-19H,1-9,11-13H2,(H,26,27). The van der Waals surface area contributed by atoms with Gasteiger partial charge < -0.3 is 4.74 Å². The molecule has 2 heterocycles. The van der Waals surface area contributed by atoms with Gasteiger partial charge in [0.1, 0.15) is 5.75 Å². The van der Waals surface area contributed by atoms with Crippen LogP contribution in [0.5, 0.6) is 5.75 Å². The monoisotopic (exact) mass is 456 g/mol. The average Bonchev–Trinajstić information content (AvgIpc) is 3.64. The molecule has 7 nitrogen and oxygen atoms in total. The second-order valence-corrected chi connectivity index (χ2v) is 13.4. The fourth-order valence-electron chi connectivity index (χ4n) is 7.39. The molecule has 0 radical (unpaired) electrons. The molecule has 0 spiro atoms. The fraction of sp³-hybridized carbons (Fsp3) is 0.750. The van der Waals surface area contributed by atoms with Gasteiger partial charge in [-0.05, 0) is 99.7 Å². The van der Waals surface area contributed by atoms with Gasteiger partial charge in [-0.1, -0.05) is 0 Å². The van der Waals surface area contributed by atoms with E-state index in [0.717, 1.165) is 67.8 Å². The zero-order valence-corrected chi connectivity index (χ0v) is 19.3. The minimum absolute atomic E-state index is 0.286. The van der Waals surface area contributed by atoms with E-state index >= 15 is 0 Å². The highest BCUT2D eigenvalue weighted by atomic mass is 32.2. The maximum atomic E-state index is 12.4. The maximum Gasteiger partial charge on any atom is 0.242 e. The Bertz CT molecular complexity index is 1130. The molecule has 0 atom stereocenters. The Hall–Kier alpha value is -1.83. The first-order valence-corrected chi connectivity index (χ1v) is 14.0. The van der Waals surface area contributed by atoms with Gasteiger partial charge in [-0.25, -0.2) is 8.42 Å². The highest BCUT2D eigenvalue weighted by Crippen LogP contribution is 2.61. The summed E-state index contributed by atoms with van der Waals surface area (Å²) in [6.07, 6.45) is 15.6. The number of pyridine rings is 1. The molecule has 6 fully saturated rings. The molecule has 0 saturated heterocycles. The molecular weight excluding hydrogens is 424 g/mol. The van der Waals surface area contributed by atoms with Crippen molar-refractivity contribution in [3.63, 3.8) is 0 Å². The fourth-order valence-corrected chi connectivity index (χ4v) is 8.71. The van der Waals surface area contributed by atoms with E-state index in [9.17, 15) is 8.42 Å². The zero-order chi connectivity index (χ0) is 21.5. The highest BCUT2D eigenvalue weighted by molar-refractivity contribution is 7.93. The lowest BCUT2D eigenvalue weighted by atomic mass is 9.49. The third kappa shape index (κ3) is 3.40. The van der Waals surface area contributed by atoms with Crippen molar-refractivity contribution in [1.29, 1.82) is 0 Å². The Balaban J connectivity index is 1.11. The lowest BCUT2D eigenvalue weighted by Crippen LogP contribution is -2.46. The molecule has 0 aliphatic heterocycles. The number of nitrogens with one attached hydrogen (secondary N) is 1. The number of aromatic nitrogens is 3. The lowest BCUT2D eigenvalue weighted by molar-refractivity contribution is -0.0623. The van der Waals surface area contributed by atoms with Crippen LogP contribution in [-0.2, 0) is 10.0 Å². The molecule has 6 saturated carbocycles. The summed E-state index contributed by atoms with van der Waals surface area (Å²) < 4.78 is 35.6. The number of hydrogen-bond acceptors (Lipinski definition) is 5. The van der Waals surface area contributed by atoms with Crippen molar-refractivity contribution in [3.8, 4) is 5.75 Å². The Kier molecular flexibility index (Phi) is 4.19. The quantitative estimate of drug-likeness (QED) is 0.632. The van der Waals surface area contributed by atoms with Crippen molar-refractivity contribution in [2.45, 2.75) is 81.8 Å². The van der Waals surface area contributed by atoms with E-state index in [1.807, 2.05) is 12.3 Å². The third-order valence-electron chi connectivity index (χ3n) is 8.80. The summed E-state index contributed by atoms with van der Waals surface area (Å²) in [6, 6.07) is 1.95. The topological polar surface area (TPSA) is 85.6 Å². The number of rotatable bonds is 8. The van der Waals surface area contributed by atoms with E-state index < -0.39 is 10.0 Å². The summed E-state index contributed by atoms with van der Waals surface area (Å²) in [6.45, 7) is 0.761. The summed E-state index contributed by atoms with van der Waals surface area (Å²) >= 11 is 0. The van der Waals surface area contributed by atoms with Crippen molar-refractivity contribution in [3.05, 3.63) is 17.8 Å². The van der Waals surface area contributed by atoms with E-state index in [1.165, 1.54) is 38.5 Å². The first kappa shape index (κ1) is 19.6.